The average Bonchev–Trinajstić information content (AvgIpc) is 2.84. The monoisotopic (exact) mass is 433 g/mol. The highest BCUT2D eigenvalue weighted by Crippen LogP contribution is 2.32. The lowest BCUT2D eigenvalue weighted by atomic mass is 9.95. The van der Waals surface area contributed by atoms with Crippen molar-refractivity contribution in [2.24, 2.45) is 0 Å². The summed E-state index contributed by atoms with van der Waals surface area (Å²) in [6.45, 7) is 3.17. The van der Waals surface area contributed by atoms with Gasteiger partial charge < -0.3 is 15.5 Å². The third-order valence-electron chi connectivity index (χ3n) is 5.57. The van der Waals surface area contributed by atoms with Gasteiger partial charge in [-0.1, -0.05) is 11.8 Å². The number of carbonyl (C=O) groups excluding carboxylic acids is 1. The molecule has 1 aliphatic carbocycles. The van der Waals surface area contributed by atoms with Crippen LogP contribution in [-0.4, -0.2) is 63.2 Å². The molecular weight excluding hydrogens is 410 g/mol. The van der Waals surface area contributed by atoms with Gasteiger partial charge in [0, 0.05) is 55.4 Å². The normalized spacial score (nSPS) is 15.2. The van der Waals surface area contributed by atoms with Crippen LogP contribution in [0.1, 0.15) is 21.6 Å². The van der Waals surface area contributed by atoms with E-state index in [4.69, 9.17) is 4.98 Å². The van der Waals surface area contributed by atoms with Gasteiger partial charge in [0.1, 0.15) is 0 Å². The molecule has 1 aliphatic heterocycles. The van der Waals surface area contributed by atoms with Crippen LogP contribution in [0.4, 0.5) is 11.6 Å². The Morgan fingerprint density at radius 2 is 1.87 bits per heavy atom. The summed E-state index contributed by atoms with van der Waals surface area (Å²) in [4.78, 5) is 32.8. The first kappa shape index (κ1) is 19.9. The highest BCUT2D eigenvalue weighted by molar-refractivity contribution is 7.98. The van der Waals surface area contributed by atoms with E-state index < -0.39 is 0 Å². The van der Waals surface area contributed by atoms with E-state index in [0.717, 1.165) is 72.4 Å². The maximum Gasteiger partial charge on any atom is 0.253 e. The first-order chi connectivity index (χ1) is 15.2. The van der Waals surface area contributed by atoms with Crippen LogP contribution >= 0.6 is 11.8 Å². The van der Waals surface area contributed by atoms with Crippen molar-refractivity contribution in [3.05, 3.63) is 53.5 Å². The summed E-state index contributed by atoms with van der Waals surface area (Å²) in [5, 5.41) is 7.30. The maximum atomic E-state index is 12.6. The van der Waals surface area contributed by atoms with Crippen LogP contribution in [-0.2, 0) is 12.8 Å². The van der Waals surface area contributed by atoms with Crippen LogP contribution in [0.15, 0.2) is 41.8 Å². The van der Waals surface area contributed by atoms with Gasteiger partial charge >= 0.3 is 0 Å². The second-order valence-electron chi connectivity index (χ2n) is 7.53. The minimum atomic E-state index is 0.0688. The molecule has 0 saturated carbocycles. The highest BCUT2D eigenvalue weighted by Gasteiger charge is 2.21. The van der Waals surface area contributed by atoms with Gasteiger partial charge in [-0.25, -0.2) is 19.9 Å². The van der Waals surface area contributed by atoms with Gasteiger partial charge in [-0.3, -0.25) is 4.79 Å². The lowest BCUT2D eigenvalue weighted by Gasteiger charge is -2.27. The molecule has 1 fully saturated rings. The molecule has 1 saturated heterocycles. The molecule has 3 heterocycles. The second-order valence-corrected chi connectivity index (χ2v) is 8.30. The highest BCUT2D eigenvalue weighted by atomic mass is 32.2. The van der Waals surface area contributed by atoms with Crippen molar-refractivity contribution < 1.29 is 4.79 Å². The Labute approximate surface area is 184 Å². The molecule has 0 radical (unpaired) electrons. The first-order valence-electron chi connectivity index (χ1n) is 10.3. The number of thioether (sulfide) groups is 1. The Bertz CT molecular complexity index is 1110. The standard InChI is InChI=1S/C22H23N7OS/c1-31-22-25-13-17-18(27-22)7-4-15-12-24-21(28-19(15)17)26-16-5-2-14(3-6-16)20(30)29-10-8-23-9-11-29/h2-3,5-6,12-13,23H,4,7-11H2,1H3,(H,24,26,28). The number of fused-ring (bicyclic) bond motifs is 3. The predicted octanol–water partition coefficient (Wildman–Crippen LogP) is 2.54. The van der Waals surface area contributed by atoms with Crippen LogP contribution in [0.25, 0.3) is 11.3 Å². The molecule has 2 aromatic heterocycles. The molecule has 3 aromatic rings. The number of hydrogen-bond acceptors (Lipinski definition) is 8. The van der Waals surface area contributed by atoms with Crippen molar-refractivity contribution in [2.45, 2.75) is 18.0 Å². The Balaban J connectivity index is 1.34. The van der Waals surface area contributed by atoms with Crippen molar-refractivity contribution in [3.8, 4) is 11.3 Å². The number of aromatic nitrogens is 4. The zero-order valence-electron chi connectivity index (χ0n) is 17.3. The van der Waals surface area contributed by atoms with Crippen molar-refractivity contribution in [1.82, 2.24) is 30.2 Å². The van der Waals surface area contributed by atoms with E-state index in [-0.39, 0.29) is 5.91 Å². The maximum absolute atomic E-state index is 12.6. The predicted molar refractivity (Wildman–Crippen MR) is 121 cm³/mol. The van der Waals surface area contributed by atoms with Crippen LogP contribution in [0.3, 0.4) is 0 Å². The number of nitrogens with zero attached hydrogens (tertiary/aromatic N) is 5. The molecule has 9 heteroatoms. The molecular formula is C22H23N7OS. The van der Waals surface area contributed by atoms with Gasteiger partial charge in [-0.15, -0.1) is 0 Å². The van der Waals surface area contributed by atoms with Crippen molar-refractivity contribution in [1.29, 1.82) is 0 Å². The van der Waals surface area contributed by atoms with Crippen molar-refractivity contribution in [2.75, 3.05) is 37.8 Å². The Hall–Kier alpha value is -3.04. The molecule has 0 bridgehead atoms. The average molecular weight is 434 g/mol. The lowest BCUT2D eigenvalue weighted by Crippen LogP contribution is -2.46. The van der Waals surface area contributed by atoms with Gasteiger partial charge in [0.05, 0.1) is 11.4 Å². The molecule has 2 N–H and O–H groups in total. The molecule has 0 atom stereocenters. The van der Waals surface area contributed by atoms with Crippen molar-refractivity contribution >= 4 is 29.3 Å². The van der Waals surface area contributed by atoms with E-state index >= 15 is 0 Å². The van der Waals surface area contributed by atoms with Crippen LogP contribution < -0.4 is 10.6 Å². The number of anilines is 2. The summed E-state index contributed by atoms with van der Waals surface area (Å²) in [6.07, 6.45) is 7.45. The SMILES string of the molecule is CSc1ncc2c(n1)CCc1cnc(Nc3ccc(C(=O)N4CCNCC4)cc3)nc1-2. The van der Waals surface area contributed by atoms with Crippen molar-refractivity contribution in [3.63, 3.8) is 0 Å². The number of amides is 1. The molecule has 31 heavy (non-hydrogen) atoms. The topological polar surface area (TPSA) is 95.9 Å². The number of piperazine rings is 1. The molecule has 8 nitrogen and oxygen atoms in total. The Morgan fingerprint density at radius 3 is 2.65 bits per heavy atom. The van der Waals surface area contributed by atoms with Gasteiger partial charge in [0.25, 0.3) is 5.91 Å². The summed E-state index contributed by atoms with van der Waals surface area (Å²) < 4.78 is 0. The molecule has 2 aliphatic rings. The Morgan fingerprint density at radius 1 is 1.06 bits per heavy atom. The number of carbonyl (C=O) groups is 1. The molecule has 158 valence electrons. The Kier molecular flexibility index (Phi) is 5.52. The van der Waals surface area contributed by atoms with E-state index in [9.17, 15) is 4.79 Å². The minimum Gasteiger partial charge on any atom is -0.336 e. The van der Waals surface area contributed by atoms with Gasteiger partial charge in [0.15, 0.2) is 5.16 Å². The third-order valence-corrected chi connectivity index (χ3v) is 6.13. The zero-order valence-corrected chi connectivity index (χ0v) is 18.1. The summed E-state index contributed by atoms with van der Waals surface area (Å²) in [5.41, 5.74) is 5.53. The fraction of sp³-hybridized carbons (Fsp3) is 0.318. The van der Waals surface area contributed by atoms with Crippen LogP contribution in [0.2, 0.25) is 0 Å². The zero-order chi connectivity index (χ0) is 21.2. The lowest BCUT2D eigenvalue weighted by molar-refractivity contribution is 0.0736. The largest absolute Gasteiger partial charge is 0.336 e. The summed E-state index contributed by atoms with van der Waals surface area (Å²) in [6, 6.07) is 7.47. The fourth-order valence-corrected chi connectivity index (χ4v) is 4.26. The molecule has 1 amide bonds. The fourth-order valence-electron chi connectivity index (χ4n) is 3.90. The first-order valence-corrected chi connectivity index (χ1v) is 11.6. The summed E-state index contributed by atoms with van der Waals surface area (Å²) in [5.74, 6) is 0.584. The molecule has 1 aromatic carbocycles. The van der Waals surface area contributed by atoms with Crippen LogP contribution in [0, 0.1) is 0 Å². The minimum absolute atomic E-state index is 0.0688. The van der Waals surface area contributed by atoms with E-state index in [1.807, 2.05) is 47.8 Å². The van der Waals surface area contributed by atoms with E-state index in [1.165, 1.54) is 0 Å². The van der Waals surface area contributed by atoms with E-state index in [1.54, 1.807) is 11.8 Å². The molecule has 0 spiro atoms. The summed E-state index contributed by atoms with van der Waals surface area (Å²) in [7, 11) is 0. The van der Waals surface area contributed by atoms with Gasteiger partial charge in [-0.05, 0) is 48.9 Å². The van der Waals surface area contributed by atoms with Gasteiger partial charge in [-0.2, -0.15) is 0 Å². The number of nitrogens with one attached hydrogen (secondary N) is 2. The molecule has 5 rings (SSSR count). The third kappa shape index (κ3) is 4.11. The van der Waals surface area contributed by atoms with Crippen LogP contribution in [0.5, 0.6) is 0 Å². The smallest absolute Gasteiger partial charge is 0.253 e. The molecule has 0 unspecified atom stereocenters. The number of rotatable bonds is 4. The quantitative estimate of drug-likeness (QED) is 0.479. The number of benzene rings is 1. The second kappa shape index (κ2) is 8.60. The van der Waals surface area contributed by atoms with E-state index in [2.05, 4.69) is 25.6 Å². The summed E-state index contributed by atoms with van der Waals surface area (Å²) >= 11 is 1.54. The number of aryl methyl sites for hydroxylation is 2. The van der Waals surface area contributed by atoms with E-state index in [0.29, 0.717) is 11.5 Å². The van der Waals surface area contributed by atoms with Gasteiger partial charge in [0.2, 0.25) is 5.95 Å². The number of hydrogen-bond donors (Lipinski definition) is 2.